The van der Waals surface area contributed by atoms with Gasteiger partial charge in [0, 0.05) is 35.6 Å². The van der Waals surface area contributed by atoms with Gasteiger partial charge < -0.3 is 20.3 Å². The molecule has 1 aliphatic heterocycles. The maximum atomic E-state index is 11.6. The molecule has 1 saturated carbocycles. The van der Waals surface area contributed by atoms with E-state index in [1.54, 1.807) is 4.90 Å². The summed E-state index contributed by atoms with van der Waals surface area (Å²) in [5.74, 6) is 0.871. The molecule has 2 aliphatic rings. The first kappa shape index (κ1) is 23.3. The van der Waals surface area contributed by atoms with Crippen LogP contribution in [0.25, 0.3) is 0 Å². The molecular weight excluding hydrogens is 535 g/mol. The first-order valence-electron chi connectivity index (χ1n) is 9.70. The highest BCUT2D eigenvalue weighted by atomic mass is 127. The molecule has 0 unspecified atom stereocenters. The number of nitrogens with zero attached hydrogens (tertiary/aromatic N) is 2. The molecule has 2 N–H and O–H groups in total. The number of aliphatic imine (C=N–C) groups is 1. The number of ether oxygens (including phenoxy) is 1. The molecular formula is C20H30BrIN4O2. The number of nitrogens with one attached hydrogen (secondary N) is 2. The van der Waals surface area contributed by atoms with E-state index in [4.69, 9.17) is 9.73 Å². The highest BCUT2D eigenvalue weighted by molar-refractivity contribution is 14.0. The number of benzene rings is 1. The Labute approximate surface area is 193 Å². The summed E-state index contributed by atoms with van der Waals surface area (Å²) in [6.45, 7) is 5.13. The molecule has 8 heteroatoms. The summed E-state index contributed by atoms with van der Waals surface area (Å²) in [6, 6.07) is 8.91. The van der Waals surface area contributed by atoms with Gasteiger partial charge >= 0.3 is 6.09 Å². The van der Waals surface area contributed by atoms with Gasteiger partial charge in [-0.05, 0) is 50.3 Å². The minimum atomic E-state index is -0.237. The van der Waals surface area contributed by atoms with Crippen LogP contribution in [-0.4, -0.2) is 56.3 Å². The number of amides is 1. The Morgan fingerprint density at radius 2 is 2.07 bits per heavy atom. The van der Waals surface area contributed by atoms with Gasteiger partial charge in [0.2, 0.25) is 0 Å². The van der Waals surface area contributed by atoms with Crippen LogP contribution in [0.1, 0.15) is 38.2 Å². The summed E-state index contributed by atoms with van der Waals surface area (Å²) < 4.78 is 5.93. The predicted octanol–water partition coefficient (Wildman–Crippen LogP) is 3.88. The highest BCUT2D eigenvalue weighted by Gasteiger charge is 2.44. The largest absolute Gasteiger partial charge is 0.453 e. The number of piperidine rings is 1. The van der Waals surface area contributed by atoms with E-state index in [9.17, 15) is 4.79 Å². The number of likely N-dealkylation sites (tertiary alicyclic amines) is 1. The van der Waals surface area contributed by atoms with Crippen LogP contribution in [0.15, 0.2) is 33.7 Å². The maximum absolute atomic E-state index is 11.6. The van der Waals surface area contributed by atoms with E-state index in [-0.39, 0.29) is 35.5 Å². The Balaban J connectivity index is 0.00000280. The number of halogens is 2. The fourth-order valence-corrected chi connectivity index (χ4v) is 3.99. The van der Waals surface area contributed by atoms with Crippen molar-refractivity contribution in [1.82, 2.24) is 15.5 Å². The zero-order valence-corrected chi connectivity index (χ0v) is 20.5. The van der Waals surface area contributed by atoms with Crippen molar-refractivity contribution in [2.24, 2.45) is 4.99 Å². The number of guanidine groups is 1. The summed E-state index contributed by atoms with van der Waals surface area (Å²) in [6.07, 6.45) is 3.93. The van der Waals surface area contributed by atoms with Gasteiger partial charge in [-0.25, -0.2) is 4.79 Å². The average Bonchev–Trinajstić information content (AvgIpc) is 3.47. The van der Waals surface area contributed by atoms with Crippen molar-refractivity contribution in [2.75, 3.05) is 33.3 Å². The Morgan fingerprint density at radius 3 is 2.64 bits per heavy atom. The van der Waals surface area contributed by atoms with Gasteiger partial charge in [-0.3, -0.25) is 4.99 Å². The number of hydrogen-bond donors (Lipinski definition) is 2. The molecule has 1 amide bonds. The number of carbonyl (C=O) groups excluding carboxylic acids is 1. The third kappa shape index (κ3) is 5.98. The fraction of sp³-hybridized carbons (Fsp3) is 0.600. The number of methoxy groups -OCH3 is 1. The van der Waals surface area contributed by atoms with E-state index in [0.717, 1.165) is 36.4 Å². The number of hydrogen-bond acceptors (Lipinski definition) is 3. The van der Waals surface area contributed by atoms with Gasteiger partial charge in [0.15, 0.2) is 5.96 Å². The van der Waals surface area contributed by atoms with Crippen molar-refractivity contribution < 1.29 is 9.53 Å². The smallest absolute Gasteiger partial charge is 0.409 e. The lowest BCUT2D eigenvalue weighted by Crippen LogP contribution is -2.50. The molecule has 156 valence electrons. The van der Waals surface area contributed by atoms with E-state index >= 15 is 0 Å². The molecule has 1 aromatic carbocycles. The second-order valence-corrected chi connectivity index (χ2v) is 8.28. The molecule has 1 aliphatic carbocycles. The van der Waals surface area contributed by atoms with E-state index in [1.807, 2.05) is 0 Å². The van der Waals surface area contributed by atoms with Crippen LogP contribution in [0.3, 0.4) is 0 Å². The van der Waals surface area contributed by atoms with Gasteiger partial charge in [0.05, 0.1) is 13.7 Å². The van der Waals surface area contributed by atoms with Crippen LogP contribution in [0, 0.1) is 0 Å². The fourth-order valence-electron chi connectivity index (χ4n) is 3.59. The molecule has 0 radical (unpaired) electrons. The average molecular weight is 565 g/mol. The number of carbonyl (C=O) groups is 1. The summed E-state index contributed by atoms with van der Waals surface area (Å²) >= 11 is 3.58. The summed E-state index contributed by atoms with van der Waals surface area (Å²) in [5.41, 5.74) is 1.54. The Morgan fingerprint density at radius 1 is 1.36 bits per heavy atom. The van der Waals surface area contributed by atoms with Crippen molar-refractivity contribution >= 4 is 52.0 Å². The van der Waals surface area contributed by atoms with Gasteiger partial charge in [0.25, 0.3) is 0 Å². The van der Waals surface area contributed by atoms with Crippen LogP contribution < -0.4 is 10.6 Å². The van der Waals surface area contributed by atoms with Gasteiger partial charge in [0.1, 0.15) is 0 Å². The van der Waals surface area contributed by atoms with Crippen molar-refractivity contribution in [2.45, 2.75) is 44.1 Å². The van der Waals surface area contributed by atoms with Crippen molar-refractivity contribution in [3.63, 3.8) is 0 Å². The first-order valence-corrected chi connectivity index (χ1v) is 10.5. The Hall–Kier alpha value is -1.03. The normalized spacial score (nSPS) is 18.8. The molecule has 6 nitrogen and oxygen atoms in total. The van der Waals surface area contributed by atoms with Gasteiger partial charge in [-0.15, -0.1) is 24.0 Å². The van der Waals surface area contributed by atoms with Crippen LogP contribution in [0.2, 0.25) is 0 Å². The van der Waals surface area contributed by atoms with Crippen molar-refractivity contribution in [3.05, 3.63) is 34.3 Å². The monoisotopic (exact) mass is 564 g/mol. The molecule has 0 spiro atoms. The quantitative estimate of drug-likeness (QED) is 0.323. The first-order chi connectivity index (χ1) is 13.1. The molecule has 1 saturated heterocycles. The summed E-state index contributed by atoms with van der Waals surface area (Å²) in [7, 11) is 1.43. The Bertz CT molecular complexity index is 689. The van der Waals surface area contributed by atoms with E-state index < -0.39 is 0 Å². The minimum absolute atomic E-state index is 0. The molecule has 1 heterocycles. The Kier molecular flexibility index (Phi) is 8.85. The lowest BCUT2D eigenvalue weighted by Gasteiger charge is -2.32. The molecule has 0 atom stereocenters. The zero-order chi connectivity index (χ0) is 19.3. The maximum Gasteiger partial charge on any atom is 0.409 e. The molecule has 2 fully saturated rings. The van der Waals surface area contributed by atoms with E-state index in [1.165, 1.54) is 25.5 Å². The lowest BCUT2D eigenvalue weighted by atomic mass is 9.96. The van der Waals surface area contributed by atoms with E-state index in [0.29, 0.717) is 19.1 Å². The molecule has 3 rings (SSSR count). The lowest BCUT2D eigenvalue weighted by molar-refractivity contribution is 0.111. The van der Waals surface area contributed by atoms with Gasteiger partial charge in [-0.1, -0.05) is 28.1 Å². The van der Waals surface area contributed by atoms with Crippen molar-refractivity contribution in [1.29, 1.82) is 0 Å². The minimum Gasteiger partial charge on any atom is -0.453 e. The summed E-state index contributed by atoms with van der Waals surface area (Å²) in [5, 5.41) is 6.91. The van der Waals surface area contributed by atoms with Crippen LogP contribution in [0.5, 0.6) is 0 Å². The van der Waals surface area contributed by atoms with Crippen molar-refractivity contribution in [3.8, 4) is 0 Å². The SMILES string of the molecule is CCNC(=NCC1(c2cccc(Br)c2)CC1)NC1CCN(C(=O)OC)CC1.I. The zero-order valence-electron chi connectivity index (χ0n) is 16.5. The molecule has 0 aromatic heterocycles. The third-order valence-corrected chi connectivity index (χ3v) is 5.94. The summed E-state index contributed by atoms with van der Waals surface area (Å²) in [4.78, 5) is 18.3. The van der Waals surface area contributed by atoms with E-state index in [2.05, 4.69) is 57.8 Å². The highest BCUT2D eigenvalue weighted by Crippen LogP contribution is 2.48. The van der Waals surface area contributed by atoms with Crippen LogP contribution in [0.4, 0.5) is 4.79 Å². The van der Waals surface area contributed by atoms with Crippen LogP contribution in [-0.2, 0) is 10.2 Å². The van der Waals surface area contributed by atoms with Crippen LogP contribution >= 0.6 is 39.9 Å². The predicted molar refractivity (Wildman–Crippen MR) is 127 cm³/mol. The molecule has 0 bridgehead atoms. The third-order valence-electron chi connectivity index (χ3n) is 5.44. The topological polar surface area (TPSA) is 66.0 Å². The standard InChI is InChI=1S/C20H29BrN4O2.HI/c1-3-22-18(24-17-7-11-25(12-8-17)19(26)27-2)23-14-20(9-10-20)15-5-4-6-16(21)13-15;/h4-6,13,17H,3,7-12,14H2,1-2H3,(H2,22,23,24);1H. The molecule has 1 aromatic rings. The second kappa shape index (κ2) is 10.7. The molecule has 28 heavy (non-hydrogen) atoms. The van der Waals surface area contributed by atoms with Gasteiger partial charge in [-0.2, -0.15) is 0 Å². The number of rotatable bonds is 5. The second-order valence-electron chi connectivity index (χ2n) is 7.36.